The molecule has 0 radical (unpaired) electrons. The van der Waals surface area contributed by atoms with E-state index in [1.807, 2.05) is 41.3 Å². The number of para-hydroxylation sites is 1. The lowest BCUT2D eigenvalue weighted by molar-refractivity contribution is -0.122. The number of nitrogen functional groups attached to an aromatic ring is 1. The largest absolute Gasteiger partial charge is 0.450 e. The van der Waals surface area contributed by atoms with Gasteiger partial charge >= 0.3 is 0 Å². The van der Waals surface area contributed by atoms with Crippen LogP contribution in [0.25, 0.3) is 11.1 Å². The monoisotopic (exact) mass is 516 g/mol. The topological polar surface area (TPSA) is 107 Å². The molecule has 1 aromatic carbocycles. The third-order valence-corrected chi connectivity index (χ3v) is 8.10. The van der Waals surface area contributed by atoms with E-state index in [4.69, 9.17) is 10.5 Å². The van der Waals surface area contributed by atoms with Gasteiger partial charge in [0.2, 0.25) is 5.91 Å². The summed E-state index contributed by atoms with van der Waals surface area (Å²) in [6, 6.07) is 10.1. The van der Waals surface area contributed by atoms with Gasteiger partial charge in [-0.15, -0.1) is 0 Å². The Morgan fingerprint density at radius 3 is 3.03 bits per heavy atom. The van der Waals surface area contributed by atoms with Crippen LogP contribution in [-0.4, -0.2) is 44.0 Å². The Morgan fingerprint density at radius 2 is 2.20 bits per heavy atom. The van der Waals surface area contributed by atoms with E-state index in [1.165, 1.54) is 3.57 Å². The predicted octanol–water partition coefficient (Wildman–Crippen LogP) is 1.89. The minimum absolute atomic E-state index is 0.00939. The number of hydrogen-bond acceptors (Lipinski definition) is 6. The lowest BCUT2D eigenvalue weighted by Gasteiger charge is -2.10. The number of likely N-dealkylation sites (N-methyl/N-ethyl adjacent to an activating group) is 1. The second kappa shape index (κ2) is 7.80. The van der Waals surface area contributed by atoms with Crippen molar-refractivity contribution in [2.75, 3.05) is 19.3 Å². The van der Waals surface area contributed by atoms with E-state index < -0.39 is 20.7 Å². The predicted molar refractivity (Wildman–Crippen MR) is 123 cm³/mol. The van der Waals surface area contributed by atoms with E-state index in [-0.39, 0.29) is 18.0 Å². The van der Waals surface area contributed by atoms with Crippen molar-refractivity contribution >= 4 is 36.2 Å². The fourth-order valence-corrected chi connectivity index (χ4v) is 6.23. The molecule has 8 nitrogen and oxygen atoms in total. The molecule has 1 fully saturated rings. The van der Waals surface area contributed by atoms with Gasteiger partial charge < -0.3 is 21.1 Å². The van der Waals surface area contributed by atoms with Crippen molar-refractivity contribution in [3.63, 3.8) is 0 Å². The van der Waals surface area contributed by atoms with Gasteiger partial charge in [-0.1, -0.05) is 12.1 Å². The minimum atomic E-state index is -0.430. The molecule has 0 spiro atoms. The van der Waals surface area contributed by atoms with Crippen LogP contribution >= 0.6 is 20.7 Å². The Hall–Kier alpha value is -2.79. The van der Waals surface area contributed by atoms with Gasteiger partial charge in [0, 0.05) is 37.1 Å². The number of ether oxygens (including phenoxy) is 1. The first-order valence-electron chi connectivity index (χ1n) is 9.66. The number of pyridine rings is 1. The zero-order valence-corrected chi connectivity index (χ0v) is 18.5. The lowest BCUT2D eigenvalue weighted by Crippen LogP contribution is -2.38. The van der Waals surface area contributed by atoms with Crippen LogP contribution in [0.15, 0.2) is 48.9 Å². The number of nitrogens with two attached hydrogens (primary N) is 1. The number of carbonyl (C=O) groups is 1. The lowest BCUT2D eigenvalue weighted by atomic mass is 10.1. The molecule has 2 aromatic heterocycles. The minimum Gasteiger partial charge on any atom is -0.450 e. The summed E-state index contributed by atoms with van der Waals surface area (Å²) >= 11 is -0.430. The van der Waals surface area contributed by atoms with Gasteiger partial charge in [0.25, 0.3) is 0 Å². The van der Waals surface area contributed by atoms with E-state index in [9.17, 15) is 4.79 Å². The quantitative estimate of drug-likeness (QED) is 0.458. The maximum atomic E-state index is 11.9. The van der Waals surface area contributed by atoms with Gasteiger partial charge in [0.15, 0.2) is 3.69 Å². The van der Waals surface area contributed by atoms with Crippen LogP contribution in [0.1, 0.15) is 18.0 Å². The van der Waals surface area contributed by atoms with E-state index in [1.54, 1.807) is 13.2 Å². The summed E-state index contributed by atoms with van der Waals surface area (Å²) in [7, 11) is 1.65. The maximum Gasteiger partial charge on any atom is 0.236 e. The zero-order chi connectivity index (χ0) is 20.7. The molecule has 0 saturated carbocycles. The van der Waals surface area contributed by atoms with Crippen molar-refractivity contribution < 1.29 is 9.53 Å². The average molecular weight is 516 g/mol. The highest BCUT2D eigenvalue weighted by atomic mass is 127. The molecular weight excluding hydrogens is 495 g/mol. The summed E-state index contributed by atoms with van der Waals surface area (Å²) in [5, 5.41) is 10.5. The maximum absolute atomic E-state index is 11.9. The highest BCUT2D eigenvalue weighted by Crippen LogP contribution is 2.36. The smallest absolute Gasteiger partial charge is 0.236 e. The van der Waals surface area contributed by atoms with Crippen LogP contribution in [0.3, 0.4) is 0 Å². The second-order valence-corrected chi connectivity index (χ2v) is 9.91. The number of rotatable bonds is 4. The standard InChI is InChI=1S/C21H21IN6O2/c1-24-21(29)17-7-14(10-25-17)28-11-13(9-27-28)12-6-15(20(23)26-8-12)19-22-16-4-2-3-5-18(16)30-19/h2-6,8-9,11,14,17,25H,7,10H2,1H3,(H2,23,26)(H,24,29)/t14-,17+/m1/s1. The first kappa shape index (κ1) is 19.2. The molecule has 3 aromatic rings. The number of hydrogen-bond donors (Lipinski definition) is 3. The molecule has 4 N–H and O–H groups in total. The number of carbonyl (C=O) groups excluding carboxylic acids is 1. The first-order valence-corrected chi connectivity index (χ1v) is 11.8. The number of fused-ring (bicyclic) bond motifs is 1. The van der Waals surface area contributed by atoms with Crippen molar-refractivity contribution in [2.24, 2.45) is 0 Å². The van der Waals surface area contributed by atoms with Gasteiger partial charge in [-0.2, -0.15) is 5.10 Å². The third kappa shape index (κ3) is 3.47. The Morgan fingerprint density at radius 1 is 1.33 bits per heavy atom. The number of nitrogens with one attached hydrogen (secondary N) is 2. The van der Waals surface area contributed by atoms with Crippen molar-refractivity contribution in [1.82, 2.24) is 25.4 Å². The van der Waals surface area contributed by atoms with Crippen molar-refractivity contribution in [2.45, 2.75) is 18.5 Å². The molecule has 1 amide bonds. The summed E-state index contributed by atoms with van der Waals surface area (Å²) < 4.78 is 10.2. The van der Waals surface area contributed by atoms with Crippen molar-refractivity contribution in [1.29, 1.82) is 0 Å². The Kier molecular flexibility index (Phi) is 4.99. The molecular formula is C21H21IN6O2. The van der Waals surface area contributed by atoms with Crippen molar-refractivity contribution in [3.05, 3.63) is 58.1 Å². The second-order valence-electron chi connectivity index (χ2n) is 7.23. The van der Waals surface area contributed by atoms with E-state index >= 15 is 0 Å². The fraction of sp³-hybridized carbons (Fsp3) is 0.238. The number of benzene rings is 1. The number of amides is 1. The molecule has 0 bridgehead atoms. The molecule has 9 heteroatoms. The SMILES string of the molecule is CNC(=O)[C@@H]1C[C@@H](n2cc(-c3cnc(N)c(C4=Ic5ccccc5O4)c3)cn2)CN1. The Bertz CT molecular complexity index is 1160. The number of nitrogens with zero attached hydrogens (tertiary/aromatic N) is 3. The summed E-state index contributed by atoms with van der Waals surface area (Å²) in [6.07, 6.45) is 6.30. The van der Waals surface area contributed by atoms with Gasteiger partial charge in [-0.05, 0) is 45.4 Å². The van der Waals surface area contributed by atoms with E-state index in [0.29, 0.717) is 18.8 Å². The number of aromatic nitrogens is 3. The molecule has 154 valence electrons. The molecule has 2 aliphatic heterocycles. The molecule has 0 aliphatic carbocycles. The molecule has 4 heterocycles. The molecule has 1 saturated heterocycles. The van der Waals surface area contributed by atoms with Crippen molar-refractivity contribution in [3.8, 4) is 16.9 Å². The Labute approximate surface area is 183 Å². The normalized spacial score (nSPS) is 20.1. The van der Waals surface area contributed by atoms with Crippen LogP contribution in [0.5, 0.6) is 5.75 Å². The van der Waals surface area contributed by atoms with E-state index in [0.717, 1.165) is 26.1 Å². The van der Waals surface area contributed by atoms with Crippen LogP contribution < -0.4 is 21.1 Å². The van der Waals surface area contributed by atoms with Crippen LogP contribution in [0.2, 0.25) is 0 Å². The van der Waals surface area contributed by atoms with Crippen LogP contribution in [-0.2, 0) is 4.79 Å². The van der Waals surface area contributed by atoms with Crippen LogP contribution in [0.4, 0.5) is 5.82 Å². The third-order valence-electron chi connectivity index (χ3n) is 5.33. The van der Waals surface area contributed by atoms with Gasteiger partial charge in [-0.25, -0.2) is 4.98 Å². The molecule has 2 aliphatic rings. The average Bonchev–Trinajstić information content (AvgIpc) is 3.52. The highest BCUT2D eigenvalue weighted by molar-refractivity contribution is 14.2. The van der Waals surface area contributed by atoms with Gasteiger partial charge in [-0.3, -0.25) is 9.48 Å². The van der Waals surface area contributed by atoms with Gasteiger partial charge in [0.1, 0.15) is 11.6 Å². The summed E-state index contributed by atoms with van der Waals surface area (Å²) in [4.78, 5) is 16.3. The fourth-order valence-electron chi connectivity index (χ4n) is 3.69. The van der Waals surface area contributed by atoms with Crippen LogP contribution in [0, 0.1) is 3.57 Å². The summed E-state index contributed by atoms with van der Waals surface area (Å²) in [5.41, 5.74) is 8.94. The zero-order valence-electron chi connectivity index (χ0n) is 16.3. The molecule has 5 rings (SSSR count). The van der Waals surface area contributed by atoms with Gasteiger partial charge in [0.05, 0.1) is 27.4 Å². The molecule has 0 unspecified atom stereocenters. The highest BCUT2D eigenvalue weighted by Gasteiger charge is 2.30. The first-order chi connectivity index (χ1) is 14.6. The molecule has 30 heavy (non-hydrogen) atoms. The Balaban J connectivity index is 1.39. The molecule has 2 atom stereocenters. The number of halogens is 1. The number of anilines is 1. The van der Waals surface area contributed by atoms with E-state index in [2.05, 4.69) is 26.8 Å². The summed E-state index contributed by atoms with van der Waals surface area (Å²) in [6.45, 7) is 0.707. The summed E-state index contributed by atoms with van der Waals surface area (Å²) in [5.74, 6) is 1.40.